The van der Waals surface area contributed by atoms with E-state index in [1.165, 1.54) is 12.2 Å². The Morgan fingerprint density at radius 3 is 2.62 bits per heavy atom. The molecule has 0 bridgehead atoms. The first kappa shape index (κ1) is 25.8. The first-order valence-electron chi connectivity index (χ1n) is 12.1. The number of hydrogen-bond donors (Lipinski definition) is 1. The highest BCUT2D eigenvalue weighted by Crippen LogP contribution is 2.71. The van der Waals surface area contributed by atoms with E-state index in [1.807, 2.05) is 13.8 Å². The maximum Gasteiger partial charge on any atom is 0.306 e. The zero-order valence-electron chi connectivity index (χ0n) is 19.9. The molecule has 0 spiro atoms. The lowest BCUT2D eigenvalue weighted by Gasteiger charge is -2.62. The van der Waals surface area contributed by atoms with Gasteiger partial charge >= 0.3 is 5.97 Å². The molecule has 1 N–H and O–H groups in total. The number of carbonyl (C=O) groups is 3. The van der Waals surface area contributed by atoms with Gasteiger partial charge in [-0.3, -0.25) is 14.4 Å². The van der Waals surface area contributed by atoms with Gasteiger partial charge in [0.1, 0.15) is 0 Å². The van der Waals surface area contributed by atoms with Crippen LogP contribution in [0.4, 0.5) is 4.39 Å². The molecule has 0 amide bonds. The van der Waals surface area contributed by atoms with E-state index in [0.717, 1.165) is 0 Å². The van der Waals surface area contributed by atoms with Crippen molar-refractivity contribution >= 4 is 40.7 Å². The lowest BCUT2D eigenvalue weighted by Crippen LogP contribution is -2.70. The van der Waals surface area contributed by atoms with Crippen molar-refractivity contribution in [2.45, 2.75) is 76.7 Å². The van der Waals surface area contributed by atoms with E-state index in [1.54, 1.807) is 13.0 Å². The SMILES string of the molecule is C[C@H]1C[C@H]2[C@@H]3CCC4=CC(=O)C=C[C@]4(C)[C@@]3(F)[C@@H](O)C[C@]2(C)[C@@]1(OC(=O)CCCCl)C(=O)CCl. The van der Waals surface area contributed by atoms with Crippen molar-refractivity contribution in [3.8, 4) is 0 Å². The molecule has 8 heteroatoms. The minimum Gasteiger partial charge on any atom is -0.450 e. The predicted molar refractivity (Wildman–Crippen MR) is 127 cm³/mol. The number of hydrogen-bond acceptors (Lipinski definition) is 5. The Labute approximate surface area is 210 Å². The highest BCUT2D eigenvalue weighted by Gasteiger charge is 2.77. The standard InChI is InChI=1S/C26H33Cl2FO5/c1-15-11-19-18-7-6-16-12-17(30)8-9-23(16,2)25(18,29)20(31)13-24(19,3)26(15,21(32)14-28)34-22(33)5-4-10-27/h8-9,12,15,18-20,31H,4-7,10-11,13-14H2,1-3H3/t15-,18-,19-,20-,23-,24-,25-,26-/m0/s1. The van der Waals surface area contributed by atoms with Gasteiger partial charge in [-0.1, -0.05) is 25.5 Å². The van der Waals surface area contributed by atoms with Crippen molar-refractivity contribution in [2.24, 2.45) is 28.6 Å². The average molecular weight is 515 g/mol. The summed E-state index contributed by atoms with van der Waals surface area (Å²) < 4.78 is 23.3. The molecule has 0 aromatic carbocycles. The van der Waals surface area contributed by atoms with Crippen LogP contribution in [0.25, 0.3) is 0 Å². The average Bonchev–Trinajstić information content (AvgIpc) is 3.00. The minimum absolute atomic E-state index is 0.0505. The van der Waals surface area contributed by atoms with Crippen molar-refractivity contribution in [1.29, 1.82) is 0 Å². The topological polar surface area (TPSA) is 80.7 Å². The van der Waals surface area contributed by atoms with Gasteiger partial charge < -0.3 is 9.84 Å². The number of alkyl halides is 3. The summed E-state index contributed by atoms with van der Waals surface area (Å²) in [5.41, 5.74) is -4.96. The van der Waals surface area contributed by atoms with Crippen LogP contribution in [0.15, 0.2) is 23.8 Å². The number of halogens is 3. The van der Waals surface area contributed by atoms with E-state index in [2.05, 4.69) is 0 Å². The summed E-state index contributed by atoms with van der Waals surface area (Å²) in [4.78, 5) is 38.2. The van der Waals surface area contributed by atoms with E-state index < -0.39 is 51.8 Å². The molecule has 0 aromatic rings. The first-order valence-corrected chi connectivity index (χ1v) is 13.2. The van der Waals surface area contributed by atoms with Gasteiger partial charge in [-0.2, -0.15) is 0 Å². The maximum atomic E-state index is 17.3. The Kier molecular flexibility index (Phi) is 6.61. The number of Topliss-reactive ketones (excluding diaryl/α,β-unsaturated/α-hetero) is 1. The van der Waals surface area contributed by atoms with Crippen molar-refractivity contribution in [2.75, 3.05) is 11.8 Å². The molecule has 0 heterocycles. The molecule has 5 nitrogen and oxygen atoms in total. The summed E-state index contributed by atoms with van der Waals surface area (Å²) in [5.74, 6) is -2.44. The molecule has 4 aliphatic carbocycles. The van der Waals surface area contributed by atoms with Crippen LogP contribution in [-0.2, 0) is 19.1 Å². The fourth-order valence-electron chi connectivity index (χ4n) is 7.94. The molecule has 0 aliphatic heterocycles. The highest BCUT2D eigenvalue weighted by atomic mass is 35.5. The quantitative estimate of drug-likeness (QED) is 0.409. The monoisotopic (exact) mass is 514 g/mol. The van der Waals surface area contributed by atoms with Crippen LogP contribution in [0.5, 0.6) is 0 Å². The van der Waals surface area contributed by atoms with Crippen molar-refractivity contribution < 1.29 is 28.6 Å². The van der Waals surface area contributed by atoms with E-state index in [4.69, 9.17) is 27.9 Å². The van der Waals surface area contributed by atoms with Crippen LogP contribution < -0.4 is 0 Å². The number of ether oxygens (including phenoxy) is 1. The Bertz CT molecular complexity index is 965. The predicted octanol–water partition coefficient (Wildman–Crippen LogP) is 4.71. The third-order valence-electron chi connectivity index (χ3n) is 9.51. The number of ketones is 2. The summed E-state index contributed by atoms with van der Waals surface area (Å²) in [5, 5.41) is 11.5. The fraction of sp³-hybridized carbons (Fsp3) is 0.731. The first-order chi connectivity index (χ1) is 15.9. The number of aliphatic hydroxyl groups excluding tert-OH is 1. The van der Waals surface area contributed by atoms with Gasteiger partial charge in [0.25, 0.3) is 0 Å². The van der Waals surface area contributed by atoms with Gasteiger partial charge in [-0.05, 0) is 57.1 Å². The van der Waals surface area contributed by atoms with Crippen LogP contribution in [-0.4, -0.2) is 51.8 Å². The third kappa shape index (κ3) is 3.24. The van der Waals surface area contributed by atoms with Crippen LogP contribution in [0.2, 0.25) is 0 Å². The molecule has 188 valence electrons. The summed E-state index contributed by atoms with van der Waals surface area (Å²) in [7, 11) is 0. The summed E-state index contributed by atoms with van der Waals surface area (Å²) >= 11 is 11.8. The molecule has 4 aliphatic rings. The number of carbonyl (C=O) groups excluding carboxylic acids is 3. The molecule has 0 unspecified atom stereocenters. The van der Waals surface area contributed by atoms with Crippen molar-refractivity contribution in [3.63, 3.8) is 0 Å². The van der Waals surface area contributed by atoms with Crippen molar-refractivity contribution in [1.82, 2.24) is 0 Å². The molecular weight excluding hydrogens is 482 g/mol. The molecule has 0 aromatic heterocycles. The normalized spacial score (nSPS) is 45.1. The Hall–Kier alpha value is -1.24. The van der Waals surface area contributed by atoms with Crippen LogP contribution in [0.3, 0.4) is 0 Å². The number of aliphatic hydroxyl groups is 1. The summed E-state index contributed by atoms with van der Waals surface area (Å²) in [6.07, 6.45) is 4.94. The number of rotatable bonds is 6. The number of allylic oxidation sites excluding steroid dienone is 4. The number of fused-ring (bicyclic) bond motifs is 5. The van der Waals surface area contributed by atoms with E-state index in [9.17, 15) is 19.5 Å². The Morgan fingerprint density at radius 1 is 1.26 bits per heavy atom. The lowest BCUT2D eigenvalue weighted by atomic mass is 9.44. The molecule has 3 saturated carbocycles. The highest BCUT2D eigenvalue weighted by molar-refractivity contribution is 6.29. The third-order valence-corrected chi connectivity index (χ3v) is 10.0. The molecule has 4 rings (SSSR count). The maximum absolute atomic E-state index is 17.3. The molecular formula is C26H33Cl2FO5. The molecule has 34 heavy (non-hydrogen) atoms. The second kappa shape index (κ2) is 8.70. The second-order valence-electron chi connectivity index (χ2n) is 11.0. The molecule has 3 fully saturated rings. The second-order valence-corrected chi connectivity index (χ2v) is 11.6. The lowest BCUT2D eigenvalue weighted by molar-refractivity contribution is -0.227. The van der Waals surface area contributed by atoms with E-state index in [0.29, 0.717) is 31.3 Å². The Balaban J connectivity index is 1.80. The Morgan fingerprint density at radius 2 is 1.97 bits per heavy atom. The fourth-order valence-corrected chi connectivity index (χ4v) is 8.27. The zero-order valence-corrected chi connectivity index (χ0v) is 21.4. The molecule has 8 atom stereocenters. The van der Waals surface area contributed by atoms with Crippen LogP contribution in [0.1, 0.15) is 59.3 Å². The summed E-state index contributed by atoms with van der Waals surface area (Å²) in [6, 6.07) is 0. The van der Waals surface area contributed by atoms with E-state index in [-0.39, 0.29) is 36.3 Å². The van der Waals surface area contributed by atoms with Gasteiger partial charge in [-0.15, -0.1) is 23.2 Å². The molecule has 0 radical (unpaired) electrons. The van der Waals surface area contributed by atoms with Gasteiger partial charge in [0, 0.05) is 35.0 Å². The minimum atomic E-state index is -2.01. The van der Waals surface area contributed by atoms with Gasteiger partial charge in [0.05, 0.1) is 12.0 Å². The van der Waals surface area contributed by atoms with Crippen LogP contribution >= 0.6 is 23.2 Å². The largest absolute Gasteiger partial charge is 0.450 e. The summed E-state index contributed by atoms with van der Waals surface area (Å²) in [6.45, 7) is 5.45. The zero-order chi connectivity index (χ0) is 25.1. The van der Waals surface area contributed by atoms with Crippen LogP contribution in [0, 0.1) is 28.6 Å². The van der Waals surface area contributed by atoms with Gasteiger partial charge in [0.15, 0.2) is 22.8 Å². The molecule has 0 saturated heterocycles. The van der Waals surface area contributed by atoms with Gasteiger partial charge in [-0.25, -0.2) is 4.39 Å². The van der Waals surface area contributed by atoms with Gasteiger partial charge in [0.2, 0.25) is 0 Å². The van der Waals surface area contributed by atoms with Crippen molar-refractivity contribution in [3.05, 3.63) is 23.8 Å². The smallest absolute Gasteiger partial charge is 0.306 e. The number of esters is 1. The van der Waals surface area contributed by atoms with E-state index >= 15 is 4.39 Å².